The molecule has 5 nitrogen and oxygen atoms in total. The molecule has 0 spiro atoms. The van der Waals surface area contributed by atoms with Gasteiger partial charge in [0.1, 0.15) is 10.8 Å². The number of hydrogen-bond donors (Lipinski definition) is 1. The Morgan fingerprint density at radius 2 is 1.89 bits per heavy atom. The molecular weight excluding hydrogens is 367 g/mol. The van der Waals surface area contributed by atoms with Gasteiger partial charge in [-0.2, -0.15) is 0 Å². The number of amides is 1. The average Bonchev–Trinajstić information content (AvgIpc) is 3.14. The van der Waals surface area contributed by atoms with Gasteiger partial charge in [0.25, 0.3) is 5.91 Å². The number of nitrogens with one attached hydrogen (secondary N) is 1. The van der Waals surface area contributed by atoms with Gasteiger partial charge >= 0.3 is 5.97 Å². The maximum Gasteiger partial charge on any atom is 0.358 e. The molecule has 0 bridgehead atoms. The lowest BCUT2D eigenvalue weighted by atomic mass is 10.1. The third kappa shape index (κ3) is 4.57. The smallest absolute Gasteiger partial charge is 0.358 e. The highest BCUT2D eigenvalue weighted by Gasteiger charge is 2.15. The maximum atomic E-state index is 13.0. The summed E-state index contributed by atoms with van der Waals surface area (Å²) < 4.78 is 18.0. The van der Waals surface area contributed by atoms with Crippen LogP contribution in [0.4, 0.5) is 10.1 Å². The molecule has 0 aliphatic carbocycles. The summed E-state index contributed by atoms with van der Waals surface area (Å²) in [6.07, 6.45) is 0. The monoisotopic (exact) mass is 384 g/mol. The molecule has 3 rings (SSSR count). The summed E-state index contributed by atoms with van der Waals surface area (Å²) in [5.74, 6) is -1.45. The van der Waals surface area contributed by atoms with E-state index >= 15 is 0 Å². The van der Waals surface area contributed by atoms with E-state index in [9.17, 15) is 14.0 Å². The highest BCUT2D eigenvalue weighted by molar-refractivity contribution is 7.13. The number of hydrogen-bond acceptors (Lipinski definition) is 5. The molecule has 0 unspecified atom stereocenters. The van der Waals surface area contributed by atoms with E-state index in [2.05, 4.69) is 10.3 Å². The molecular formula is C20H17FN2O3S. The van der Waals surface area contributed by atoms with Crippen LogP contribution >= 0.6 is 11.3 Å². The number of aromatic nitrogens is 1. The SMILES string of the molecule is Cc1cccc(NC(=O)COC(=O)c2csc(-c3ccc(F)cc3)n2)c1C. The largest absolute Gasteiger partial charge is 0.451 e. The Kier molecular flexibility index (Phi) is 5.61. The summed E-state index contributed by atoms with van der Waals surface area (Å²) in [6, 6.07) is 11.4. The van der Waals surface area contributed by atoms with E-state index in [1.54, 1.807) is 23.6 Å². The average molecular weight is 384 g/mol. The number of carbonyl (C=O) groups is 2. The summed E-state index contributed by atoms with van der Waals surface area (Å²) in [5, 5.41) is 4.84. The molecule has 0 aliphatic rings. The van der Waals surface area contributed by atoms with Crippen LogP contribution < -0.4 is 5.32 Å². The molecule has 0 fully saturated rings. The number of benzene rings is 2. The van der Waals surface area contributed by atoms with Crippen LogP contribution in [0.15, 0.2) is 47.8 Å². The number of aryl methyl sites for hydroxylation is 1. The third-order valence-corrected chi connectivity index (χ3v) is 4.91. The van der Waals surface area contributed by atoms with Crippen molar-refractivity contribution >= 4 is 28.9 Å². The topological polar surface area (TPSA) is 68.3 Å². The number of esters is 1. The van der Waals surface area contributed by atoms with Crippen LogP contribution in [-0.4, -0.2) is 23.5 Å². The Bertz CT molecular complexity index is 983. The van der Waals surface area contributed by atoms with Crippen LogP contribution in [0.2, 0.25) is 0 Å². The van der Waals surface area contributed by atoms with E-state index in [1.807, 2.05) is 26.0 Å². The number of thiazole rings is 1. The molecule has 0 saturated heterocycles. The number of rotatable bonds is 5. The van der Waals surface area contributed by atoms with Crippen LogP contribution in [0.1, 0.15) is 21.6 Å². The first kappa shape index (κ1) is 18.7. The van der Waals surface area contributed by atoms with Gasteiger partial charge in [-0.15, -0.1) is 11.3 Å². The molecule has 1 amide bonds. The number of anilines is 1. The zero-order valence-corrected chi connectivity index (χ0v) is 15.6. The Balaban J connectivity index is 1.58. The molecule has 0 saturated carbocycles. The van der Waals surface area contributed by atoms with Crippen molar-refractivity contribution in [3.8, 4) is 10.6 Å². The normalized spacial score (nSPS) is 10.5. The third-order valence-electron chi connectivity index (χ3n) is 4.02. The van der Waals surface area contributed by atoms with Gasteiger partial charge in [-0.05, 0) is 55.3 Å². The lowest BCUT2D eigenvalue weighted by molar-refractivity contribution is -0.119. The predicted octanol–water partition coefficient (Wildman–Crippen LogP) is 4.36. The van der Waals surface area contributed by atoms with Crippen LogP contribution in [0.5, 0.6) is 0 Å². The minimum Gasteiger partial charge on any atom is -0.451 e. The van der Waals surface area contributed by atoms with Crippen LogP contribution in [0.3, 0.4) is 0 Å². The fourth-order valence-corrected chi connectivity index (χ4v) is 3.17. The Morgan fingerprint density at radius 1 is 1.15 bits per heavy atom. The molecule has 1 N–H and O–H groups in total. The molecule has 0 aliphatic heterocycles. The quantitative estimate of drug-likeness (QED) is 0.664. The molecule has 1 heterocycles. The summed E-state index contributed by atoms with van der Waals surface area (Å²) in [5.41, 5.74) is 3.51. The first-order valence-electron chi connectivity index (χ1n) is 8.18. The summed E-state index contributed by atoms with van der Waals surface area (Å²) in [4.78, 5) is 28.3. The zero-order valence-electron chi connectivity index (χ0n) is 14.8. The molecule has 1 aromatic heterocycles. The second kappa shape index (κ2) is 8.09. The fraction of sp³-hybridized carbons (Fsp3) is 0.150. The number of nitrogens with zero attached hydrogens (tertiary/aromatic N) is 1. The van der Waals surface area contributed by atoms with Gasteiger partial charge in [-0.25, -0.2) is 14.2 Å². The minimum absolute atomic E-state index is 0.110. The van der Waals surface area contributed by atoms with E-state index in [0.29, 0.717) is 16.3 Å². The van der Waals surface area contributed by atoms with Gasteiger partial charge in [-0.1, -0.05) is 12.1 Å². The highest BCUT2D eigenvalue weighted by atomic mass is 32.1. The second-order valence-electron chi connectivity index (χ2n) is 5.92. The van der Waals surface area contributed by atoms with Gasteiger partial charge in [0, 0.05) is 16.6 Å². The van der Waals surface area contributed by atoms with Crippen molar-refractivity contribution < 1.29 is 18.7 Å². The van der Waals surface area contributed by atoms with Gasteiger partial charge in [0.15, 0.2) is 12.3 Å². The van der Waals surface area contributed by atoms with Crippen molar-refractivity contribution in [2.75, 3.05) is 11.9 Å². The highest BCUT2D eigenvalue weighted by Crippen LogP contribution is 2.24. The van der Waals surface area contributed by atoms with E-state index in [4.69, 9.17) is 4.74 Å². The lowest BCUT2D eigenvalue weighted by Crippen LogP contribution is -2.21. The van der Waals surface area contributed by atoms with Gasteiger partial charge in [0.2, 0.25) is 0 Å². The van der Waals surface area contributed by atoms with Gasteiger partial charge < -0.3 is 10.1 Å². The maximum absolute atomic E-state index is 13.0. The summed E-state index contributed by atoms with van der Waals surface area (Å²) in [6.45, 7) is 3.45. The summed E-state index contributed by atoms with van der Waals surface area (Å²) in [7, 11) is 0. The number of ether oxygens (including phenoxy) is 1. The predicted molar refractivity (Wildman–Crippen MR) is 102 cm³/mol. The Labute approximate surface area is 159 Å². The first-order chi connectivity index (χ1) is 12.9. The Morgan fingerprint density at radius 3 is 2.63 bits per heavy atom. The summed E-state index contributed by atoms with van der Waals surface area (Å²) >= 11 is 1.24. The van der Waals surface area contributed by atoms with Crippen molar-refractivity contribution in [3.63, 3.8) is 0 Å². The van der Waals surface area contributed by atoms with E-state index in [-0.39, 0.29) is 11.5 Å². The molecule has 2 aromatic carbocycles. The zero-order chi connectivity index (χ0) is 19.4. The van der Waals surface area contributed by atoms with E-state index in [1.165, 1.54) is 23.5 Å². The molecule has 7 heteroatoms. The van der Waals surface area contributed by atoms with E-state index < -0.39 is 18.5 Å². The first-order valence-corrected chi connectivity index (χ1v) is 9.06. The molecule has 0 atom stereocenters. The lowest BCUT2D eigenvalue weighted by Gasteiger charge is -2.10. The van der Waals surface area contributed by atoms with Crippen molar-refractivity contribution in [1.82, 2.24) is 4.98 Å². The van der Waals surface area contributed by atoms with Crippen LogP contribution in [0.25, 0.3) is 10.6 Å². The van der Waals surface area contributed by atoms with Gasteiger partial charge in [-0.3, -0.25) is 4.79 Å². The van der Waals surface area contributed by atoms with Gasteiger partial charge in [0.05, 0.1) is 0 Å². The van der Waals surface area contributed by atoms with Crippen molar-refractivity contribution in [2.24, 2.45) is 0 Å². The minimum atomic E-state index is -0.685. The Hall–Kier alpha value is -3.06. The standard InChI is InChI=1S/C20H17FN2O3S/c1-12-4-3-5-16(13(12)2)22-18(24)10-26-20(25)17-11-27-19(23-17)14-6-8-15(21)9-7-14/h3-9,11H,10H2,1-2H3,(H,22,24). The molecule has 27 heavy (non-hydrogen) atoms. The fourth-order valence-electron chi connectivity index (χ4n) is 2.37. The van der Waals surface area contributed by atoms with E-state index in [0.717, 1.165) is 11.1 Å². The molecule has 138 valence electrons. The van der Waals surface area contributed by atoms with Crippen molar-refractivity contribution in [2.45, 2.75) is 13.8 Å². The second-order valence-corrected chi connectivity index (χ2v) is 6.77. The number of carbonyl (C=O) groups excluding carboxylic acids is 2. The van der Waals surface area contributed by atoms with Crippen molar-refractivity contribution in [3.05, 3.63) is 70.5 Å². The van der Waals surface area contributed by atoms with Crippen molar-refractivity contribution in [1.29, 1.82) is 0 Å². The molecule has 0 radical (unpaired) electrons. The number of halogens is 1. The molecule has 3 aromatic rings. The van der Waals surface area contributed by atoms with Crippen LogP contribution in [0, 0.1) is 19.7 Å². The van der Waals surface area contributed by atoms with Crippen LogP contribution in [-0.2, 0) is 9.53 Å².